The van der Waals surface area contributed by atoms with E-state index in [-0.39, 0.29) is 11.6 Å². The van der Waals surface area contributed by atoms with Gasteiger partial charge in [0.25, 0.3) is 5.91 Å². The molecule has 0 unspecified atom stereocenters. The van der Waals surface area contributed by atoms with Crippen molar-refractivity contribution in [1.82, 2.24) is 5.32 Å². The third kappa shape index (κ3) is 3.28. The molecule has 0 radical (unpaired) electrons. The number of halogens is 2. The fourth-order valence-corrected chi connectivity index (χ4v) is 2.36. The van der Waals surface area contributed by atoms with E-state index in [9.17, 15) is 13.6 Å². The van der Waals surface area contributed by atoms with E-state index < -0.39 is 17.5 Å². The molecule has 0 heterocycles. The molecule has 1 N–H and O–H groups in total. The highest BCUT2D eigenvalue weighted by molar-refractivity contribution is 5.94. The number of hydrogen-bond donors (Lipinski definition) is 1. The highest BCUT2D eigenvalue weighted by Crippen LogP contribution is 2.18. The number of hydrogen-bond acceptors (Lipinski definition) is 1. The van der Waals surface area contributed by atoms with Gasteiger partial charge in [-0.2, -0.15) is 0 Å². The first-order valence-electron chi connectivity index (χ1n) is 6.43. The van der Waals surface area contributed by atoms with Gasteiger partial charge in [0.15, 0.2) is 0 Å². The minimum absolute atomic E-state index is 0.0858. The molecule has 4 heteroatoms. The molecule has 0 saturated heterocycles. The van der Waals surface area contributed by atoms with Gasteiger partial charge in [-0.1, -0.05) is 25.7 Å². The smallest absolute Gasteiger partial charge is 0.254 e. The molecule has 1 aliphatic carbocycles. The second-order valence-electron chi connectivity index (χ2n) is 4.79. The molecule has 1 saturated carbocycles. The fourth-order valence-electron chi connectivity index (χ4n) is 2.36. The zero-order valence-corrected chi connectivity index (χ0v) is 10.2. The minimum Gasteiger partial charge on any atom is -0.349 e. The van der Waals surface area contributed by atoms with E-state index in [1.54, 1.807) is 0 Å². The monoisotopic (exact) mass is 253 g/mol. The van der Waals surface area contributed by atoms with Crippen LogP contribution in [0.4, 0.5) is 8.78 Å². The summed E-state index contributed by atoms with van der Waals surface area (Å²) in [4.78, 5) is 11.9. The van der Waals surface area contributed by atoms with Crippen LogP contribution in [-0.2, 0) is 0 Å². The highest BCUT2D eigenvalue weighted by atomic mass is 19.1. The van der Waals surface area contributed by atoms with Gasteiger partial charge in [-0.3, -0.25) is 4.79 Å². The molecular formula is C14H17F2NO. The Morgan fingerprint density at radius 1 is 1.11 bits per heavy atom. The van der Waals surface area contributed by atoms with Crippen LogP contribution >= 0.6 is 0 Å². The topological polar surface area (TPSA) is 29.1 Å². The number of carbonyl (C=O) groups is 1. The maximum absolute atomic E-state index is 13.4. The Labute approximate surface area is 105 Å². The Bertz CT molecular complexity index is 426. The van der Waals surface area contributed by atoms with E-state index >= 15 is 0 Å². The quantitative estimate of drug-likeness (QED) is 0.804. The Kier molecular flexibility index (Phi) is 4.28. The molecule has 0 spiro atoms. The second kappa shape index (κ2) is 5.94. The summed E-state index contributed by atoms with van der Waals surface area (Å²) in [6.07, 6.45) is 6.36. The predicted molar refractivity (Wildman–Crippen MR) is 65.3 cm³/mol. The normalized spacial score (nSPS) is 17.2. The van der Waals surface area contributed by atoms with Gasteiger partial charge in [-0.25, -0.2) is 8.78 Å². The van der Waals surface area contributed by atoms with Crippen LogP contribution in [-0.4, -0.2) is 11.9 Å². The van der Waals surface area contributed by atoms with Crippen LogP contribution in [0.3, 0.4) is 0 Å². The van der Waals surface area contributed by atoms with Gasteiger partial charge in [-0.15, -0.1) is 0 Å². The molecule has 0 bridgehead atoms. The third-order valence-corrected chi connectivity index (χ3v) is 3.36. The highest BCUT2D eigenvalue weighted by Gasteiger charge is 2.18. The van der Waals surface area contributed by atoms with Gasteiger partial charge in [-0.05, 0) is 31.0 Å². The summed E-state index contributed by atoms with van der Waals surface area (Å²) >= 11 is 0. The number of rotatable bonds is 2. The van der Waals surface area contributed by atoms with E-state index in [1.807, 2.05) is 0 Å². The summed E-state index contributed by atoms with van der Waals surface area (Å²) in [6, 6.07) is 3.03. The zero-order chi connectivity index (χ0) is 13.0. The molecule has 1 aliphatic rings. The molecule has 0 aliphatic heterocycles. The Balaban J connectivity index is 2.04. The molecular weight excluding hydrogens is 236 g/mol. The fraction of sp³-hybridized carbons (Fsp3) is 0.500. The number of amides is 1. The minimum atomic E-state index is -0.678. The van der Waals surface area contributed by atoms with Crippen LogP contribution in [0.2, 0.25) is 0 Å². The van der Waals surface area contributed by atoms with E-state index in [0.717, 1.165) is 43.9 Å². The lowest BCUT2D eigenvalue weighted by Gasteiger charge is -2.16. The first-order valence-corrected chi connectivity index (χ1v) is 6.43. The lowest BCUT2D eigenvalue weighted by molar-refractivity contribution is 0.0929. The lowest BCUT2D eigenvalue weighted by Crippen LogP contribution is -2.34. The summed E-state index contributed by atoms with van der Waals surface area (Å²) in [7, 11) is 0. The van der Waals surface area contributed by atoms with E-state index in [2.05, 4.69) is 5.32 Å². The largest absolute Gasteiger partial charge is 0.349 e. The Morgan fingerprint density at radius 3 is 2.44 bits per heavy atom. The van der Waals surface area contributed by atoms with Gasteiger partial charge in [0.05, 0.1) is 5.56 Å². The first-order chi connectivity index (χ1) is 8.66. The van der Waals surface area contributed by atoms with Crippen LogP contribution in [0.15, 0.2) is 18.2 Å². The molecule has 0 aromatic heterocycles. The van der Waals surface area contributed by atoms with Crippen molar-refractivity contribution in [2.75, 3.05) is 0 Å². The van der Waals surface area contributed by atoms with Crippen molar-refractivity contribution in [3.8, 4) is 0 Å². The molecule has 18 heavy (non-hydrogen) atoms. The Hall–Kier alpha value is -1.45. The van der Waals surface area contributed by atoms with Crippen LogP contribution in [0, 0.1) is 11.6 Å². The van der Waals surface area contributed by atoms with Gasteiger partial charge in [0.2, 0.25) is 0 Å². The summed E-state index contributed by atoms with van der Waals surface area (Å²) in [5.74, 6) is -1.79. The summed E-state index contributed by atoms with van der Waals surface area (Å²) in [5.41, 5.74) is -0.209. The molecule has 2 nitrogen and oxygen atoms in total. The van der Waals surface area contributed by atoms with Crippen molar-refractivity contribution in [2.45, 2.75) is 44.6 Å². The van der Waals surface area contributed by atoms with Crippen LogP contribution in [0.25, 0.3) is 0 Å². The van der Waals surface area contributed by atoms with Crippen molar-refractivity contribution < 1.29 is 13.6 Å². The third-order valence-electron chi connectivity index (χ3n) is 3.36. The predicted octanol–water partition coefficient (Wildman–Crippen LogP) is 3.42. The van der Waals surface area contributed by atoms with Gasteiger partial charge < -0.3 is 5.32 Å². The van der Waals surface area contributed by atoms with E-state index in [0.29, 0.717) is 0 Å². The molecule has 0 atom stereocenters. The zero-order valence-electron chi connectivity index (χ0n) is 10.2. The molecule has 1 aromatic rings. The van der Waals surface area contributed by atoms with Crippen LogP contribution in [0.1, 0.15) is 48.9 Å². The first kappa shape index (κ1) is 13.0. The molecule has 1 fully saturated rings. The summed E-state index contributed by atoms with van der Waals surface area (Å²) in [6.45, 7) is 0. The van der Waals surface area contributed by atoms with Crippen molar-refractivity contribution >= 4 is 5.91 Å². The Morgan fingerprint density at radius 2 is 1.78 bits per heavy atom. The van der Waals surface area contributed by atoms with Gasteiger partial charge in [0.1, 0.15) is 11.6 Å². The van der Waals surface area contributed by atoms with Crippen molar-refractivity contribution in [3.05, 3.63) is 35.4 Å². The van der Waals surface area contributed by atoms with Crippen molar-refractivity contribution in [2.24, 2.45) is 0 Å². The van der Waals surface area contributed by atoms with Crippen molar-refractivity contribution in [1.29, 1.82) is 0 Å². The van der Waals surface area contributed by atoms with Gasteiger partial charge >= 0.3 is 0 Å². The maximum Gasteiger partial charge on any atom is 0.254 e. The van der Waals surface area contributed by atoms with E-state index in [1.165, 1.54) is 12.8 Å². The number of carbonyl (C=O) groups excluding carboxylic acids is 1. The van der Waals surface area contributed by atoms with Crippen LogP contribution in [0.5, 0.6) is 0 Å². The maximum atomic E-state index is 13.4. The summed E-state index contributed by atoms with van der Waals surface area (Å²) in [5, 5.41) is 2.80. The lowest BCUT2D eigenvalue weighted by atomic mass is 10.1. The average molecular weight is 253 g/mol. The van der Waals surface area contributed by atoms with E-state index in [4.69, 9.17) is 0 Å². The SMILES string of the molecule is O=C(NC1CCCCCC1)c1cc(F)ccc1F. The molecule has 98 valence electrons. The average Bonchev–Trinajstić information content (AvgIpc) is 2.61. The summed E-state index contributed by atoms with van der Waals surface area (Å²) < 4.78 is 26.4. The standard InChI is InChI=1S/C14H17F2NO/c15-10-7-8-13(16)12(9-10)14(18)17-11-5-3-1-2-4-6-11/h7-9,11H,1-6H2,(H,17,18). The molecule has 1 amide bonds. The second-order valence-corrected chi connectivity index (χ2v) is 4.79. The molecule has 1 aromatic carbocycles. The van der Waals surface area contributed by atoms with Crippen molar-refractivity contribution in [3.63, 3.8) is 0 Å². The van der Waals surface area contributed by atoms with Crippen LogP contribution < -0.4 is 5.32 Å². The number of nitrogens with one attached hydrogen (secondary N) is 1. The van der Waals surface area contributed by atoms with Gasteiger partial charge in [0, 0.05) is 6.04 Å². The molecule has 2 rings (SSSR count). The number of benzene rings is 1.